The first-order valence-corrected chi connectivity index (χ1v) is 36.4. The SMILES string of the molecule is CC1(C)c2ccccc2-c2c(-c3sc(-c4cccc5c4-c4ccccc4C5(C)C)c4nc5c6cc(-c7ccc8c(c7)C7(c9ccccc9-c9ccccc97)c7ccccc7-8)ccc6c6ccc(-c7ccc8c(c7)C7(c9ccccc9-c9ccccc97)c7ccccc7-8)cc6c5nc34)cccc21. The first-order valence-electron chi connectivity index (χ1n) is 35.6. The summed E-state index contributed by atoms with van der Waals surface area (Å²) >= 11 is 1.87. The van der Waals surface area contributed by atoms with Crippen LogP contribution >= 0.6 is 11.3 Å². The van der Waals surface area contributed by atoms with Gasteiger partial charge in [0, 0.05) is 32.7 Å². The van der Waals surface area contributed by atoms with Crippen molar-refractivity contribution in [3.8, 4) is 110 Å². The first-order chi connectivity index (χ1) is 49.6. The minimum absolute atomic E-state index is 0.199. The maximum atomic E-state index is 6.30. The minimum atomic E-state index is -0.476. The maximum Gasteiger partial charge on any atom is 0.109 e. The summed E-state index contributed by atoms with van der Waals surface area (Å²) in [5, 5.41) is 4.46. The molecule has 0 radical (unpaired) electrons. The highest BCUT2D eigenvalue weighted by atomic mass is 32.1. The van der Waals surface area contributed by atoms with Gasteiger partial charge in [-0.25, -0.2) is 9.97 Å². The van der Waals surface area contributed by atoms with Gasteiger partial charge in [-0.05, 0) is 191 Å². The van der Waals surface area contributed by atoms with Gasteiger partial charge in [-0.3, -0.25) is 0 Å². The topological polar surface area (TPSA) is 25.8 Å². The first kappa shape index (κ1) is 56.0. The summed E-state index contributed by atoms with van der Waals surface area (Å²) in [4.78, 5) is 14.9. The van der Waals surface area contributed by atoms with Crippen molar-refractivity contribution in [3.05, 3.63) is 370 Å². The van der Waals surface area contributed by atoms with E-state index < -0.39 is 10.8 Å². The van der Waals surface area contributed by atoms with Crippen molar-refractivity contribution >= 4 is 54.9 Å². The van der Waals surface area contributed by atoms with Crippen LogP contribution in [0.15, 0.2) is 303 Å². The van der Waals surface area contributed by atoms with Crippen LogP contribution in [0.3, 0.4) is 0 Å². The predicted molar refractivity (Wildman–Crippen MR) is 419 cm³/mol. The Hall–Kier alpha value is -11.9. The summed E-state index contributed by atoms with van der Waals surface area (Å²) < 4.78 is 0. The molecule has 470 valence electrons. The van der Waals surface area contributed by atoms with Crippen molar-refractivity contribution in [2.24, 2.45) is 0 Å². The van der Waals surface area contributed by atoms with Crippen LogP contribution in [0.5, 0.6) is 0 Å². The zero-order chi connectivity index (χ0) is 66.6. The monoisotopic (exact) mass is 1300 g/mol. The number of fused-ring (bicyclic) bond motifs is 33. The molecular weight excluding hydrogens is 1240 g/mol. The molecule has 2 heterocycles. The summed E-state index contributed by atoms with van der Waals surface area (Å²) in [6.45, 7) is 9.56. The Morgan fingerprint density at radius 2 is 0.475 bits per heavy atom. The molecule has 0 bridgehead atoms. The fourth-order valence-electron chi connectivity index (χ4n) is 20.4. The van der Waals surface area contributed by atoms with E-state index in [1.807, 2.05) is 11.3 Å². The second-order valence-corrected chi connectivity index (χ2v) is 31.0. The standard InChI is InChI=1S/C98H62N2S/c1-95(2)75-33-13-11-29-69(75)87-71(31-21-41-83(87)95)93-91-92(94(101-93)72-32-22-42-84-88(72)70-30-12-14-34-76(70)96(84,3)4)100-90-74-52-56(58-46-50-68-66-28-10-20-40-82(66)98(86(68)54-58)79-37-17-7-25-63(79)64-26-8-18-38-80(64)98)44-48-60(74)59-47-43-55(51-73(59)89(90)99-91)57-45-49-67-65-27-9-19-39-81(65)97(85(67)53-57)77-35-15-5-23-61(77)62-24-6-16-36-78(62)97/h5-54H,1-4H3. The molecular formula is C98H62N2S. The van der Waals surface area contributed by atoms with Gasteiger partial charge in [0.25, 0.3) is 0 Å². The molecule has 0 atom stereocenters. The van der Waals surface area contributed by atoms with E-state index in [9.17, 15) is 0 Å². The molecule has 101 heavy (non-hydrogen) atoms. The molecule has 2 spiro atoms. The van der Waals surface area contributed by atoms with Crippen molar-refractivity contribution in [3.63, 3.8) is 0 Å². The summed E-state index contributed by atoms with van der Waals surface area (Å²) in [6.07, 6.45) is 0. The Bertz CT molecular complexity index is 6140. The van der Waals surface area contributed by atoms with Crippen LogP contribution < -0.4 is 0 Å². The molecule has 15 aromatic carbocycles. The smallest absolute Gasteiger partial charge is 0.109 e. The van der Waals surface area contributed by atoms with Gasteiger partial charge in [0.1, 0.15) is 11.0 Å². The zero-order valence-corrected chi connectivity index (χ0v) is 57.0. The molecule has 3 heteroatoms. The number of thiophene rings is 1. The molecule has 0 amide bonds. The third-order valence-electron chi connectivity index (χ3n) is 24.7. The van der Waals surface area contributed by atoms with Gasteiger partial charge in [0.2, 0.25) is 0 Å². The Morgan fingerprint density at radius 1 is 0.208 bits per heavy atom. The lowest BCUT2D eigenvalue weighted by atomic mass is 9.70. The van der Waals surface area contributed by atoms with E-state index in [1.54, 1.807) is 0 Å². The fourth-order valence-corrected chi connectivity index (χ4v) is 21.7. The predicted octanol–water partition coefficient (Wildman–Crippen LogP) is 25.1. The van der Waals surface area contributed by atoms with Gasteiger partial charge in [0.15, 0.2) is 0 Å². The van der Waals surface area contributed by atoms with Crippen molar-refractivity contribution in [1.82, 2.24) is 9.97 Å². The third-order valence-corrected chi connectivity index (χ3v) is 26.0. The number of hydrogen-bond acceptors (Lipinski definition) is 3. The summed E-state index contributed by atoms with van der Waals surface area (Å²) in [5.41, 5.74) is 40.9. The van der Waals surface area contributed by atoms with Crippen LogP contribution in [0.1, 0.15) is 94.5 Å². The summed E-state index contributed by atoms with van der Waals surface area (Å²) in [7, 11) is 0. The molecule has 0 saturated heterocycles. The molecule has 6 aliphatic rings. The molecule has 6 aliphatic carbocycles. The Labute approximate surface area is 590 Å². The number of benzene rings is 15. The van der Waals surface area contributed by atoms with Gasteiger partial charge in [-0.1, -0.05) is 307 Å². The number of aromatic nitrogens is 2. The molecule has 0 unspecified atom stereocenters. The van der Waals surface area contributed by atoms with Crippen molar-refractivity contribution in [2.45, 2.75) is 49.4 Å². The molecule has 0 saturated carbocycles. The summed E-state index contributed by atoms with van der Waals surface area (Å²) in [5.74, 6) is 0. The molecule has 2 aromatic heterocycles. The van der Waals surface area contributed by atoms with Gasteiger partial charge in [-0.15, -0.1) is 11.3 Å². The lowest BCUT2D eigenvalue weighted by Gasteiger charge is -2.30. The van der Waals surface area contributed by atoms with Crippen LogP contribution in [0.25, 0.3) is 154 Å². The van der Waals surface area contributed by atoms with Crippen LogP contribution in [0.4, 0.5) is 0 Å². The fraction of sp³-hybridized carbons (Fsp3) is 0.0816. The van der Waals surface area contributed by atoms with E-state index in [-0.39, 0.29) is 10.8 Å². The van der Waals surface area contributed by atoms with E-state index in [0.29, 0.717) is 0 Å². The van der Waals surface area contributed by atoms with Crippen LogP contribution in [0.2, 0.25) is 0 Å². The quantitative estimate of drug-likeness (QED) is 0.164. The highest BCUT2D eigenvalue weighted by Crippen LogP contribution is 2.66. The minimum Gasteiger partial charge on any atom is -0.242 e. The van der Waals surface area contributed by atoms with Crippen molar-refractivity contribution in [2.75, 3.05) is 0 Å². The molecule has 2 nitrogen and oxygen atoms in total. The molecule has 0 fully saturated rings. The lowest BCUT2D eigenvalue weighted by Crippen LogP contribution is -2.25. The van der Waals surface area contributed by atoms with Gasteiger partial charge >= 0.3 is 0 Å². The Kier molecular flexibility index (Phi) is 10.8. The van der Waals surface area contributed by atoms with E-state index in [0.717, 1.165) is 64.5 Å². The normalized spacial score (nSPS) is 15.2. The van der Waals surface area contributed by atoms with Crippen LogP contribution in [0, 0.1) is 0 Å². The van der Waals surface area contributed by atoms with E-state index in [2.05, 4.69) is 331 Å². The molecule has 23 rings (SSSR count). The van der Waals surface area contributed by atoms with E-state index in [4.69, 9.17) is 9.97 Å². The largest absolute Gasteiger partial charge is 0.242 e. The Balaban J connectivity index is 0.809. The van der Waals surface area contributed by atoms with Gasteiger partial charge < -0.3 is 0 Å². The average Bonchev–Trinajstić information content (AvgIpc) is 1.51. The second-order valence-electron chi connectivity index (χ2n) is 30.0. The van der Waals surface area contributed by atoms with Crippen molar-refractivity contribution in [1.29, 1.82) is 0 Å². The lowest BCUT2D eigenvalue weighted by molar-refractivity contribution is 0.660. The highest BCUT2D eigenvalue weighted by molar-refractivity contribution is 7.21. The zero-order valence-electron chi connectivity index (χ0n) is 56.2. The van der Waals surface area contributed by atoms with Crippen LogP contribution in [-0.2, 0) is 21.7 Å². The van der Waals surface area contributed by atoms with Crippen LogP contribution in [-0.4, -0.2) is 9.97 Å². The Morgan fingerprint density at radius 3 is 0.822 bits per heavy atom. The molecule has 0 N–H and O–H groups in total. The summed E-state index contributed by atoms with van der Waals surface area (Å²) in [6, 6.07) is 116. The number of rotatable bonds is 4. The molecule has 0 aliphatic heterocycles. The molecule has 17 aromatic rings. The van der Waals surface area contributed by atoms with Crippen molar-refractivity contribution < 1.29 is 0 Å². The van der Waals surface area contributed by atoms with E-state index >= 15 is 0 Å². The highest BCUT2D eigenvalue weighted by Gasteiger charge is 2.53. The second kappa shape index (κ2) is 19.5. The third kappa shape index (κ3) is 6.88. The maximum absolute atomic E-state index is 6.30. The average molecular weight is 1300 g/mol. The number of nitrogens with zero attached hydrogens (tertiary/aromatic N) is 2. The van der Waals surface area contributed by atoms with Gasteiger partial charge in [0.05, 0.1) is 31.6 Å². The number of hydrogen-bond donors (Lipinski definition) is 0. The van der Waals surface area contributed by atoms with Gasteiger partial charge in [-0.2, -0.15) is 0 Å². The van der Waals surface area contributed by atoms with E-state index in [1.165, 1.54) is 156 Å².